The van der Waals surface area contributed by atoms with Crippen molar-refractivity contribution in [1.82, 2.24) is 10.4 Å². The van der Waals surface area contributed by atoms with E-state index in [0.717, 1.165) is 21.9 Å². The molecule has 108 valence electrons. The summed E-state index contributed by atoms with van der Waals surface area (Å²) in [6, 6.07) is 3.78. The summed E-state index contributed by atoms with van der Waals surface area (Å²) in [5, 5.41) is 1.95. The largest absolute Gasteiger partial charge is 0.496 e. The number of hydrogen-bond acceptors (Lipinski definition) is 6. The predicted octanol–water partition coefficient (Wildman–Crippen LogP) is 2.49. The third kappa shape index (κ3) is 3.47. The summed E-state index contributed by atoms with van der Waals surface area (Å²) in [6.07, 6.45) is 3.59. The SMILES string of the molecule is COc1csc(C(NN)c2cncc(OC(C)C)c2)c1. The number of nitrogens with two attached hydrogens (primary N) is 1. The molecule has 0 aromatic carbocycles. The first kappa shape index (κ1) is 14.8. The molecule has 2 aromatic heterocycles. The molecule has 1 atom stereocenters. The van der Waals surface area contributed by atoms with Gasteiger partial charge in [-0.25, -0.2) is 5.43 Å². The molecule has 2 aromatic rings. The van der Waals surface area contributed by atoms with Crippen LogP contribution in [0.1, 0.15) is 30.3 Å². The summed E-state index contributed by atoms with van der Waals surface area (Å²) in [5.41, 5.74) is 3.77. The lowest BCUT2D eigenvalue weighted by Crippen LogP contribution is -2.28. The second-order valence-electron chi connectivity index (χ2n) is 4.61. The number of hydrazine groups is 1. The minimum Gasteiger partial charge on any atom is -0.496 e. The quantitative estimate of drug-likeness (QED) is 0.632. The van der Waals surface area contributed by atoms with Crippen molar-refractivity contribution in [3.63, 3.8) is 0 Å². The third-order valence-corrected chi connectivity index (χ3v) is 3.70. The van der Waals surface area contributed by atoms with Crippen LogP contribution in [0.3, 0.4) is 0 Å². The van der Waals surface area contributed by atoms with Crippen LogP contribution in [0, 0.1) is 0 Å². The van der Waals surface area contributed by atoms with Crippen molar-refractivity contribution >= 4 is 11.3 Å². The smallest absolute Gasteiger partial charge is 0.138 e. The zero-order valence-corrected chi connectivity index (χ0v) is 12.6. The number of pyridine rings is 1. The number of aromatic nitrogens is 1. The lowest BCUT2D eigenvalue weighted by atomic mass is 10.1. The summed E-state index contributed by atoms with van der Waals surface area (Å²) >= 11 is 1.59. The number of methoxy groups -OCH3 is 1. The molecule has 0 radical (unpaired) electrons. The lowest BCUT2D eigenvalue weighted by Gasteiger charge is -2.16. The molecule has 0 bridgehead atoms. The Morgan fingerprint density at radius 1 is 1.25 bits per heavy atom. The standard InChI is InChI=1S/C14H19N3O2S/c1-9(2)19-11-4-10(6-16-7-11)14(17-15)13-5-12(18-3)8-20-13/h4-9,14,17H,15H2,1-3H3. The van der Waals surface area contributed by atoms with Crippen molar-refractivity contribution in [2.24, 2.45) is 5.84 Å². The molecule has 0 spiro atoms. The fraction of sp³-hybridized carbons (Fsp3) is 0.357. The Morgan fingerprint density at radius 2 is 2.05 bits per heavy atom. The maximum Gasteiger partial charge on any atom is 0.138 e. The second-order valence-corrected chi connectivity index (χ2v) is 5.55. The number of ether oxygens (including phenoxy) is 2. The van der Waals surface area contributed by atoms with Crippen molar-refractivity contribution < 1.29 is 9.47 Å². The highest BCUT2D eigenvalue weighted by Crippen LogP contribution is 2.31. The summed E-state index contributed by atoms with van der Waals surface area (Å²) in [4.78, 5) is 5.27. The van der Waals surface area contributed by atoms with Crippen molar-refractivity contribution in [2.75, 3.05) is 7.11 Å². The fourth-order valence-electron chi connectivity index (χ4n) is 1.87. The van der Waals surface area contributed by atoms with Gasteiger partial charge in [-0.2, -0.15) is 0 Å². The number of nitrogens with zero attached hydrogens (tertiary/aromatic N) is 1. The van der Waals surface area contributed by atoms with E-state index in [-0.39, 0.29) is 12.1 Å². The molecule has 1 unspecified atom stereocenters. The van der Waals surface area contributed by atoms with E-state index in [1.54, 1.807) is 30.8 Å². The molecule has 5 nitrogen and oxygen atoms in total. The van der Waals surface area contributed by atoms with E-state index in [2.05, 4.69) is 10.4 Å². The zero-order valence-electron chi connectivity index (χ0n) is 11.8. The molecule has 0 aliphatic rings. The Balaban J connectivity index is 2.26. The van der Waals surface area contributed by atoms with Gasteiger partial charge in [-0.3, -0.25) is 10.8 Å². The second kappa shape index (κ2) is 6.69. The van der Waals surface area contributed by atoms with Crippen molar-refractivity contribution in [1.29, 1.82) is 0 Å². The van der Waals surface area contributed by atoms with Crippen LogP contribution in [-0.2, 0) is 0 Å². The Hall–Kier alpha value is -1.63. The van der Waals surface area contributed by atoms with Gasteiger partial charge in [0.05, 0.1) is 25.5 Å². The third-order valence-electron chi connectivity index (χ3n) is 2.72. The Kier molecular flexibility index (Phi) is 4.94. The van der Waals surface area contributed by atoms with E-state index in [1.807, 2.05) is 31.4 Å². The van der Waals surface area contributed by atoms with Crippen LogP contribution in [0.2, 0.25) is 0 Å². The molecule has 2 heterocycles. The van der Waals surface area contributed by atoms with E-state index in [4.69, 9.17) is 15.3 Å². The number of nitrogens with one attached hydrogen (secondary N) is 1. The number of hydrogen-bond donors (Lipinski definition) is 2. The molecule has 0 aliphatic heterocycles. The number of thiophene rings is 1. The van der Waals surface area contributed by atoms with Crippen molar-refractivity contribution in [3.8, 4) is 11.5 Å². The van der Waals surface area contributed by atoms with E-state index >= 15 is 0 Å². The molecule has 6 heteroatoms. The first-order valence-corrected chi connectivity index (χ1v) is 7.22. The number of rotatable bonds is 6. The minimum absolute atomic E-state index is 0.109. The average molecular weight is 293 g/mol. The Labute approximate surface area is 122 Å². The van der Waals surface area contributed by atoms with Gasteiger partial charge in [0.2, 0.25) is 0 Å². The Morgan fingerprint density at radius 3 is 2.65 bits per heavy atom. The fourth-order valence-corrected chi connectivity index (χ4v) is 2.81. The monoisotopic (exact) mass is 293 g/mol. The van der Waals surface area contributed by atoms with Gasteiger partial charge in [0, 0.05) is 16.5 Å². The molecule has 2 rings (SSSR count). The van der Waals surface area contributed by atoms with Crippen LogP contribution >= 0.6 is 11.3 Å². The first-order valence-electron chi connectivity index (χ1n) is 6.34. The van der Waals surface area contributed by atoms with Gasteiger partial charge in [0.25, 0.3) is 0 Å². The van der Waals surface area contributed by atoms with Gasteiger partial charge in [-0.1, -0.05) is 0 Å². The normalized spacial score (nSPS) is 12.4. The summed E-state index contributed by atoms with van der Waals surface area (Å²) in [5.74, 6) is 7.25. The predicted molar refractivity (Wildman–Crippen MR) is 80.0 cm³/mol. The van der Waals surface area contributed by atoms with Crippen LogP contribution < -0.4 is 20.7 Å². The van der Waals surface area contributed by atoms with Crippen molar-refractivity contribution in [3.05, 3.63) is 40.3 Å². The summed E-state index contributed by atoms with van der Waals surface area (Å²) in [7, 11) is 1.65. The lowest BCUT2D eigenvalue weighted by molar-refractivity contribution is 0.241. The summed E-state index contributed by atoms with van der Waals surface area (Å²) in [6.45, 7) is 3.96. The Bertz CT molecular complexity index is 557. The highest BCUT2D eigenvalue weighted by molar-refractivity contribution is 7.10. The first-order chi connectivity index (χ1) is 9.63. The van der Waals surface area contributed by atoms with Crippen LogP contribution in [-0.4, -0.2) is 18.2 Å². The van der Waals surface area contributed by atoms with Gasteiger partial charge in [0.1, 0.15) is 11.5 Å². The molecule has 0 amide bonds. The van der Waals surface area contributed by atoms with Gasteiger partial charge >= 0.3 is 0 Å². The molecular weight excluding hydrogens is 274 g/mol. The van der Waals surface area contributed by atoms with E-state index in [1.165, 1.54) is 0 Å². The van der Waals surface area contributed by atoms with E-state index in [0.29, 0.717) is 0 Å². The average Bonchev–Trinajstić information content (AvgIpc) is 2.88. The molecule has 0 saturated carbocycles. The van der Waals surface area contributed by atoms with Gasteiger partial charge in [-0.05, 0) is 31.5 Å². The molecular formula is C14H19N3O2S. The minimum atomic E-state index is -0.132. The molecule has 3 N–H and O–H groups in total. The van der Waals surface area contributed by atoms with E-state index < -0.39 is 0 Å². The van der Waals surface area contributed by atoms with Gasteiger partial charge < -0.3 is 9.47 Å². The highest BCUT2D eigenvalue weighted by Gasteiger charge is 2.16. The maximum atomic E-state index is 5.69. The molecule has 0 fully saturated rings. The van der Waals surface area contributed by atoms with Gasteiger partial charge in [-0.15, -0.1) is 11.3 Å². The summed E-state index contributed by atoms with van der Waals surface area (Å²) < 4.78 is 10.9. The highest BCUT2D eigenvalue weighted by atomic mass is 32.1. The molecule has 20 heavy (non-hydrogen) atoms. The van der Waals surface area contributed by atoms with Crippen LogP contribution in [0.15, 0.2) is 29.9 Å². The van der Waals surface area contributed by atoms with Crippen LogP contribution in [0.25, 0.3) is 0 Å². The van der Waals surface area contributed by atoms with Crippen LogP contribution in [0.4, 0.5) is 0 Å². The molecule has 0 saturated heterocycles. The molecule has 0 aliphatic carbocycles. The topological polar surface area (TPSA) is 69.4 Å². The zero-order chi connectivity index (χ0) is 14.5. The van der Waals surface area contributed by atoms with Gasteiger partial charge in [0.15, 0.2) is 0 Å². The van der Waals surface area contributed by atoms with Crippen molar-refractivity contribution in [2.45, 2.75) is 26.0 Å². The maximum absolute atomic E-state index is 5.69. The van der Waals surface area contributed by atoms with E-state index in [9.17, 15) is 0 Å². The van der Waals surface area contributed by atoms with Crippen LogP contribution in [0.5, 0.6) is 11.5 Å².